The highest BCUT2D eigenvalue weighted by molar-refractivity contribution is 7.80. The average Bonchev–Trinajstić information content (AvgIpc) is 1.80. The van der Waals surface area contributed by atoms with Gasteiger partial charge >= 0.3 is 6.18 Å². The van der Waals surface area contributed by atoms with Gasteiger partial charge in [-0.1, -0.05) is 0 Å². The van der Waals surface area contributed by atoms with Crippen molar-refractivity contribution < 1.29 is 13.2 Å². The summed E-state index contributed by atoms with van der Waals surface area (Å²) >= 11 is 4.44. The van der Waals surface area contributed by atoms with Crippen molar-refractivity contribution in [3.63, 3.8) is 0 Å². The van der Waals surface area contributed by atoms with Gasteiger partial charge in [0, 0.05) is 13.6 Å². The largest absolute Gasteiger partial charge is 0.390 e. The Kier molecular flexibility index (Phi) is 3.57. The van der Waals surface area contributed by atoms with Crippen LogP contribution in [0.5, 0.6) is 0 Å². The number of nitrogens with zero attached hydrogens (tertiary/aromatic N) is 1. The number of hydrogen-bond donors (Lipinski definition) is 1. The molecule has 0 aliphatic rings. The lowest BCUT2D eigenvalue weighted by Crippen LogP contribution is -2.34. The van der Waals surface area contributed by atoms with E-state index < -0.39 is 12.6 Å². The lowest BCUT2D eigenvalue weighted by Gasteiger charge is -2.17. The Labute approximate surface area is 68.2 Å². The molecule has 0 heterocycles. The first-order chi connectivity index (χ1) is 4.83. The van der Waals surface area contributed by atoms with Crippen LogP contribution in [0, 0.1) is 0 Å². The smallest absolute Gasteiger partial charge is 0.376 e. The van der Waals surface area contributed by atoms with Crippen molar-refractivity contribution in [3.8, 4) is 0 Å². The maximum atomic E-state index is 11.6. The standard InChI is InChI=1S/C5H9F3N2S/c1-10(4(9)11)3-2-5(6,7)8/h2-3H2,1H3,(H2,9,11). The molecule has 2 nitrogen and oxygen atoms in total. The molecular formula is C5H9F3N2S. The number of halogens is 3. The van der Waals surface area contributed by atoms with Gasteiger partial charge in [-0.15, -0.1) is 0 Å². The summed E-state index contributed by atoms with van der Waals surface area (Å²) in [5.41, 5.74) is 5.06. The molecular weight excluding hydrogens is 177 g/mol. The van der Waals surface area contributed by atoms with Gasteiger partial charge < -0.3 is 10.6 Å². The second-order valence-corrected chi connectivity index (χ2v) is 2.54. The summed E-state index contributed by atoms with van der Waals surface area (Å²) in [5, 5.41) is -0.0192. The molecule has 2 N–H and O–H groups in total. The van der Waals surface area contributed by atoms with Crippen molar-refractivity contribution in [2.75, 3.05) is 13.6 Å². The fraction of sp³-hybridized carbons (Fsp3) is 0.800. The van der Waals surface area contributed by atoms with Gasteiger partial charge in [0.15, 0.2) is 5.11 Å². The molecule has 0 bridgehead atoms. The molecule has 0 amide bonds. The molecule has 0 unspecified atom stereocenters. The van der Waals surface area contributed by atoms with Crippen molar-refractivity contribution in [1.82, 2.24) is 4.90 Å². The number of rotatable bonds is 2. The van der Waals surface area contributed by atoms with E-state index in [4.69, 9.17) is 5.73 Å². The summed E-state index contributed by atoms with van der Waals surface area (Å²) in [6, 6.07) is 0. The van der Waals surface area contributed by atoms with E-state index >= 15 is 0 Å². The van der Waals surface area contributed by atoms with E-state index in [-0.39, 0.29) is 11.7 Å². The summed E-state index contributed by atoms with van der Waals surface area (Å²) in [6.45, 7) is -0.182. The fourth-order valence-electron chi connectivity index (χ4n) is 0.405. The van der Waals surface area contributed by atoms with Crippen LogP contribution in [0.25, 0.3) is 0 Å². The van der Waals surface area contributed by atoms with E-state index in [1.54, 1.807) is 0 Å². The predicted octanol–water partition coefficient (Wildman–Crippen LogP) is 1.11. The predicted molar refractivity (Wildman–Crippen MR) is 40.1 cm³/mol. The van der Waals surface area contributed by atoms with Crippen LogP contribution in [0.1, 0.15) is 6.42 Å². The SMILES string of the molecule is CN(CCC(F)(F)F)C(N)=S. The molecule has 0 aliphatic carbocycles. The molecule has 0 fully saturated rings. The lowest BCUT2D eigenvalue weighted by atomic mass is 10.4. The van der Waals surface area contributed by atoms with E-state index in [2.05, 4.69) is 12.2 Å². The Morgan fingerprint density at radius 2 is 2.00 bits per heavy atom. The van der Waals surface area contributed by atoms with Crippen molar-refractivity contribution in [3.05, 3.63) is 0 Å². The van der Waals surface area contributed by atoms with Gasteiger partial charge in [0.2, 0.25) is 0 Å². The zero-order valence-electron chi connectivity index (χ0n) is 5.98. The summed E-state index contributed by atoms with van der Waals surface area (Å²) in [4.78, 5) is 1.18. The summed E-state index contributed by atoms with van der Waals surface area (Å²) in [7, 11) is 1.42. The molecule has 0 rings (SSSR count). The molecule has 0 aromatic carbocycles. The molecule has 0 spiro atoms. The zero-order valence-corrected chi connectivity index (χ0v) is 6.80. The Balaban J connectivity index is 3.63. The Bertz CT molecular complexity index is 145. The third-order valence-corrected chi connectivity index (χ3v) is 1.42. The van der Waals surface area contributed by atoms with E-state index in [1.165, 1.54) is 11.9 Å². The van der Waals surface area contributed by atoms with Crippen molar-refractivity contribution in [2.45, 2.75) is 12.6 Å². The maximum Gasteiger partial charge on any atom is 0.390 e. The normalized spacial score (nSPS) is 11.3. The molecule has 6 heteroatoms. The van der Waals surface area contributed by atoms with Gasteiger partial charge in [-0.05, 0) is 12.2 Å². The highest BCUT2D eigenvalue weighted by atomic mass is 32.1. The van der Waals surface area contributed by atoms with Crippen LogP contribution in [0.2, 0.25) is 0 Å². The monoisotopic (exact) mass is 186 g/mol. The van der Waals surface area contributed by atoms with Gasteiger partial charge in [-0.25, -0.2) is 0 Å². The van der Waals surface area contributed by atoms with E-state index in [0.717, 1.165) is 0 Å². The van der Waals surface area contributed by atoms with Gasteiger partial charge in [0.25, 0.3) is 0 Å². The summed E-state index contributed by atoms with van der Waals surface area (Å²) in [5.74, 6) is 0. The topological polar surface area (TPSA) is 29.3 Å². The third kappa shape index (κ3) is 5.90. The minimum Gasteiger partial charge on any atom is -0.376 e. The molecule has 0 aliphatic heterocycles. The Morgan fingerprint density at radius 3 is 2.27 bits per heavy atom. The van der Waals surface area contributed by atoms with Gasteiger partial charge in [0.05, 0.1) is 6.42 Å². The molecule has 11 heavy (non-hydrogen) atoms. The minimum absolute atomic E-state index is 0.0192. The second kappa shape index (κ2) is 3.75. The number of alkyl halides is 3. The van der Waals surface area contributed by atoms with Crippen molar-refractivity contribution in [2.24, 2.45) is 5.73 Å². The van der Waals surface area contributed by atoms with Crippen LogP contribution in [0.15, 0.2) is 0 Å². The van der Waals surface area contributed by atoms with Crippen molar-refractivity contribution >= 4 is 17.3 Å². The molecule has 0 saturated heterocycles. The fourth-order valence-corrected chi connectivity index (χ4v) is 0.496. The molecule has 66 valence electrons. The molecule has 0 radical (unpaired) electrons. The number of nitrogens with two attached hydrogens (primary N) is 1. The summed E-state index contributed by atoms with van der Waals surface area (Å²) in [6.07, 6.45) is -5.03. The highest BCUT2D eigenvalue weighted by Crippen LogP contribution is 2.19. The molecule has 0 saturated carbocycles. The summed E-state index contributed by atoms with van der Waals surface area (Å²) < 4.78 is 34.7. The van der Waals surface area contributed by atoms with Gasteiger partial charge in [0.1, 0.15) is 0 Å². The van der Waals surface area contributed by atoms with Crippen LogP contribution in [0.4, 0.5) is 13.2 Å². The van der Waals surface area contributed by atoms with E-state index in [1.807, 2.05) is 0 Å². The van der Waals surface area contributed by atoms with Crippen LogP contribution < -0.4 is 5.73 Å². The zero-order chi connectivity index (χ0) is 9.07. The molecule has 0 aromatic rings. The Hall–Kier alpha value is -0.520. The van der Waals surface area contributed by atoms with Crippen LogP contribution in [-0.2, 0) is 0 Å². The van der Waals surface area contributed by atoms with Gasteiger partial charge in [-0.2, -0.15) is 13.2 Å². The molecule has 0 aromatic heterocycles. The second-order valence-electron chi connectivity index (χ2n) is 2.12. The van der Waals surface area contributed by atoms with E-state index in [0.29, 0.717) is 0 Å². The third-order valence-electron chi connectivity index (χ3n) is 1.11. The lowest BCUT2D eigenvalue weighted by molar-refractivity contribution is -0.135. The highest BCUT2D eigenvalue weighted by Gasteiger charge is 2.27. The first-order valence-corrected chi connectivity index (χ1v) is 3.31. The maximum absolute atomic E-state index is 11.6. The Morgan fingerprint density at radius 1 is 1.55 bits per heavy atom. The number of hydrogen-bond acceptors (Lipinski definition) is 1. The van der Waals surface area contributed by atoms with Crippen LogP contribution in [0.3, 0.4) is 0 Å². The quantitative estimate of drug-likeness (QED) is 0.655. The van der Waals surface area contributed by atoms with Crippen LogP contribution >= 0.6 is 12.2 Å². The average molecular weight is 186 g/mol. The minimum atomic E-state index is -4.14. The first-order valence-electron chi connectivity index (χ1n) is 2.90. The van der Waals surface area contributed by atoms with Gasteiger partial charge in [-0.3, -0.25) is 0 Å². The first kappa shape index (κ1) is 10.5. The number of thiocarbonyl (C=S) groups is 1. The molecule has 0 atom stereocenters. The van der Waals surface area contributed by atoms with Crippen molar-refractivity contribution in [1.29, 1.82) is 0 Å². The van der Waals surface area contributed by atoms with Crippen LogP contribution in [-0.4, -0.2) is 29.8 Å². The van der Waals surface area contributed by atoms with E-state index in [9.17, 15) is 13.2 Å².